The lowest BCUT2D eigenvalue weighted by Crippen LogP contribution is -2.37. The fourth-order valence-electron chi connectivity index (χ4n) is 1.91. The monoisotopic (exact) mass is 298 g/mol. The van der Waals surface area contributed by atoms with E-state index < -0.39 is 17.5 Å². The number of carbonyl (C=O) groups is 1. The third kappa shape index (κ3) is 4.69. The number of halogens is 2. The number of hydrogen-bond acceptors (Lipinski definition) is 2. The number of rotatable bonds is 7. The Morgan fingerprint density at radius 2 is 1.76 bits per heavy atom. The Labute approximate surface area is 125 Å². The molecule has 3 nitrogen and oxygen atoms in total. The van der Waals surface area contributed by atoms with Gasteiger partial charge in [0.15, 0.2) is 0 Å². The van der Waals surface area contributed by atoms with Crippen molar-refractivity contribution in [2.45, 2.75) is 46.6 Å². The minimum Gasteiger partial charge on any atom is -0.380 e. The lowest BCUT2D eigenvalue weighted by molar-refractivity contribution is 0.0927. The van der Waals surface area contributed by atoms with E-state index in [1.54, 1.807) is 0 Å². The van der Waals surface area contributed by atoms with Gasteiger partial charge in [-0.2, -0.15) is 0 Å². The van der Waals surface area contributed by atoms with E-state index in [-0.39, 0.29) is 17.3 Å². The minimum atomic E-state index is -0.746. The van der Waals surface area contributed by atoms with Crippen LogP contribution < -0.4 is 10.6 Å². The average molecular weight is 298 g/mol. The highest BCUT2D eigenvalue weighted by molar-refractivity contribution is 5.94. The van der Waals surface area contributed by atoms with Gasteiger partial charge in [0.1, 0.15) is 17.3 Å². The molecule has 0 aliphatic rings. The van der Waals surface area contributed by atoms with Gasteiger partial charge in [-0.05, 0) is 31.4 Å². The summed E-state index contributed by atoms with van der Waals surface area (Å²) in [6, 6.07) is 2.09. The molecule has 0 aliphatic carbocycles. The fourth-order valence-corrected chi connectivity index (χ4v) is 1.91. The van der Waals surface area contributed by atoms with E-state index in [1.807, 2.05) is 27.7 Å². The Morgan fingerprint density at radius 3 is 2.24 bits per heavy atom. The van der Waals surface area contributed by atoms with E-state index in [0.717, 1.165) is 25.0 Å². The van der Waals surface area contributed by atoms with Crippen LogP contribution in [0.2, 0.25) is 0 Å². The maximum Gasteiger partial charge on any atom is 0.251 e. The quantitative estimate of drug-likeness (QED) is 0.800. The van der Waals surface area contributed by atoms with E-state index in [1.165, 1.54) is 0 Å². The molecule has 0 fully saturated rings. The van der Waals surface area contributed by atoms with E-state index in [2.05, 4.69) is 10.6 Å². The molecule has 118 valence electrons. The van der Waals surface area contributed by atoms with Crippen molar-refractivity contribution in [1.82, 2.24) is 5.32 Å². The largest absolute Gasteiger partial charge is 0.380 e. The van der Waals surface area contributed by atoms with Crippen molar-refractivity contribution >= 4 is 11.6 Å². The number of amides is 1. The maximum absolute atomic E-state index is 13.9. The number of hydrogen-bond donors (Lipinski definition) is 2. The lowest BCUT2D eigenvalue weighted by Gasteiger charge is -2.20. The molecule has 0 radical (unpaired) electrons. The average Bonchev–Trinajstić information content (AvgIpc) is 2.45. The van der Waals surface area contributed by atoms with Crippen LogP contribution >= 0.6 is 0 Å². The van der Waals surface area contributed by atoms with Crippen LogP contribution in [0.15, 0.2) is 12.1 Å². The third-order valence-electron chi connectivity index (χ3n) is 3.71. The SMILES string of the molecule is CCCNc1c(F)cc(C(=O)NC(C)C(C)CC)cc1F. The molecule has 1 aromatic rings. The molecule has 0 heterocycles. The van der Waals surface area contributed by atoms with E-state index in [4.69, 9.17) is 0 Å². The Hall–Kier alpha value is -1.65. The summed E-state index contributed by atoms with van der Waals surface area (Å²) in [6.07, 6.45) is 1.68. The van der Waals surface area contributed by atoms with Gasteiger partial charge >= 0.3 is 0 Å². The Bertz CT molecular complexity index is 468. The zero-order chi connectivity index (χ0) is 16.0. The summed E-state index contributed by atoms with van der Waals surface area (Å²) < 4.78 is 27.7. The van der Waals surface area contributed by atoms with Crippen LogP contribution in [0.5, 0.6) is 0 Å². The van der Waals surface area contributed by atoms with Crippen LogP contribution in [0.3, 0.4) is 0 Å². The predicted octanol–water partition coefficient (Wildman–Crippen LogP) is 3.95. The topological polar surface area (TPSA) is 41.1 Å². The van der Waals surface area contributed by atoms with Gasteiger partial charge < -0.3 is 10.6 Å². The van der Waals surface area contributed by atoms with Crippen LogP contribution in [-0.4, -0.2) is 18.5 Å². The molecule has 2 atom stereocenters. The molecule has 1 rings (SSSR count). The van der Waals surface area contributed by atoms with Crippen molar-refractivity contribution in [3.63, 3.8) is 0 Å². The summed E-state index contributed by atoms with van der Waals surface area (Å²) in [7, 11) is 0. The van der Waals surface area contributed by atoms with Gasteiger partial charge in [0, 0.05) is 18.2 Å². The van der Waals surface area contributed by atoms with Crippen LogP contribution in [0.4, 0.5) is 14.5 Å². The van der Waals surface area contributed by atoms with Crippen molar-refractivity contribution in [3.8, 4) is 0 Å². The molecule has 0 spiro atoms. The molecule has 21 heavy (non-hydrogen) atoms. The summed E-state index contributed by atoms with van der Waals surface area (Å²) >= 11 is 0. The van der Waals surface area contributed by atoms with Crippen molar-refractivity contribution < 1.29 is 13.6 Å². The maximum atomic E-state index is 13.9. The molecule has 2 N–H and O–H groups in total. The van der Waals surface area contributed by atoms with Gasteiger partial charge in [0.2, 0.25) is 0 Å². The van der Waals surface area contributed by atoms with Crippen LogP contribution in [0.1, 0.15) is 50.9 Å². The second-order valence-electron chi connectivity index (χ2n) is 5.39. The van der Waals surface area contributed by atoms with Crippen molar-refractivity contribution in [1.29, 1.82) is 0 Å². The molecular formula is C16H24F2N2O. The summed E-state index contributed by atoms with van der Waals surface area (Å²) in [4.78, 5) is 12.0. The molecule has 1 aromatic carbocycles. The Balaban J connectivity index is 2.87. The molecule has 1 amide bonds. The van der Waals surface area contributed by atoms with Gasteiger partial charge in [-0.3, -0.25) is 4.79 Å². The van der Waals surface area contributed by atoms with Gasteiger partial charge in [-0.25, -0.2) is 8.78 Å². The summed E-state index contributed by atoms with van der Waals surface area (Å²) in [5, 5.41) is 5.45. The summed E-state index contributed by atoms with van der Waals surface area (Å²) in [6.45, 7) is 8.31. The fraction of sp³-hybridized carbons (Fsp3) is 0.562. The first-order chi connectivity index (χ1) is 9.90. The lowest BCUT2D eigenvalue weighted by atomic mass is 10.0. The zero-order valence-electron chi connectivity index (χ0n) is 13.1. The predicted molar refractivity (Wildman–Crippen MR) is 81.5 cm³/mol. The summed E-state index contributed by atoms with van der Waals surface area (Å²) in [5.74, 6) is -1.65. The highest BCUT2D eigenvalue weighted by Crippen LogP contribution is 2.21. The van der Waals surface area contributed by atoms with Crippen LogP contribution in [-0.2, 0) is 0 Å². The standard InChI is InChI=1S/C16H24F2N2O/c1-5-7-19-15-13(17)8-12(9-14(15)18)16(21)20-11(4)10(3)6-2/h8-11,19H,5-7H2,1-4H3,(H,20,21). The number of benzene rings is 1. The second kappa shape index (κ2) is 7.96. The van der Waals surface area contributed by atoms with Crippen LogP contribution in [0.25, 0.3) is 0 Å². The van der Waals surface area contributed by atoms with Crippen molar-refractivity contribution in [2.75, 3.05) is 11.9 Å². The van der Waals surface area contributed by atoms with Crippen molar-refractivity contribution in [2.24, 2.45) is 5.92 Å². The number of anilines is 1. The van der Waals surface area contributed by atoms with Crippen LogP contribution in [0, 0.1) is 17.6 Å². The first-order valence-corrected chi connectivity index (χ1v) is 7.44. The van der Waals surface area contributed by atoms with E-state index in [0.29, 0.717) is 12.5 Å². The Morgan fingerprint density at radius 1 is 1.19 bits per heavy atom. The first-order valence-electron chi connectivity index (χ1n) is 7.44. The molecule has 0 bridgehead atoms. The normalized spacial score (nSPS) is 13.6. The first kappa shape index (κ1) is 17.4. The molecular weight excluding hydrogens is 274 g/mol. The molecule has 2 unspecified atom stereocenters. The van der Waals surface area contributed by atoms with Gasteiger partial charge in [-0.1, -0.05) is 27.2 Å². The Kier molecular flexibility index (Phi) is 6.59. The highest BCUT2D eigenvalue weighted by Gasteiger charge is 2.18. The number of nitrogens with one attached hydrogen (secondary N) is 2. The second-order valence-corrected chi connectivity index (χ2v) is 5.39. The van der Waals surface area contributed by atoms with E-state index in [9.17, 15) is 13.6 Å². The van der Waals surface area contributed by atoms with E-state index >= 15 is 0 Å². The van der Waals surface area contributed by atoms with Gasteiger partial charge in [0.25, 0.3) is 5.91 Å². The molecule has 0 aromatic heterocycles. The summed E-state index contributed by atoms with van der Waals surface area (Å²) in [5.41, 5.74) is -0.175. The smallest absolute Gasteiger partial charge is 0.251 e. The number of carbonyl (C=O) groups excluding carboxylic acids is 1. The van der Waals surface area contributed by atoms with Crippen molar-refractivity contribution in [3.05, 3.63) is 29.3 Å². The molecule has 5 heteroatoms. The van der Waals surface area contributed by atoms with Gasteiger partial charge in [-0.15, -0.1) is 0 Å². The minimum absolute atomic E-state index is 0.00204. The molecule has 0 saturated carbocycles. The zero-order valence-corrected chi connectivity index (χ0v) is 13.1. The molecule has 0 aliphatic heterocycles. The van der Waals surface area contributed by atoms with Gasteiger partial charge in [0.05, 0.1) is 0 Å². The third-order valence-corrected chi connectivity index (χ3v) is 3.71. The molecule has 0 saturated heterocycles. The highest BCUT2D eigenvalue weighted by atomic mass is 19.1.